The fourth-order valence-corrected chi connectivity index (χ4v) is 2.89. The van der Waals surface area contributed by atoms with E-state index >= 15 is 0 Å². The molecule has 1 unspecified atom stereocenters. The standard InChI is InChI=1S/C16H20N4O2.Na.H/c1-5-6-11-14(21)19-13-9-10(2)7-8-12(13)17-16(18(3)4)20(19)15(11)22;;/h7-9,11H,5-6H2,1-4H3;;/q;+1;-1. The van der Waals surface area contributed by atoms with Crippen molar-refractivity contribution in [3.8, 4) is 0 Å². The molecule has 7 heteroatoms. The number of aliphatic imine (C=N–C) groups is 1. The van der Waals surface area contributed by atoms with Crippen LogP contribution in [0.5, 0.6) is 0 Å². The summed E-state index contributed by atoms with van der Waals surface area (Å²) in [5, 5.41) is 2.91. The second kappa shape index (κ2) is 6.63. The zero-order valence-corrected chi connectivity index (χ0v) is 16.3. The minimum atomic E-state index is -0.610. The molecule has 23 heavy (non-hydrogen) atoms. The Labute approximate surface area is 159 Å². The molecule has 1 saturated heterocycles. The van der Waals surface area contributed by atoms with Crippen molar-refractivity contribution in [3.05, 3.63) is 23.8 Å². The Bertz CT molecular complexity index is 693. The third kappa shape index (κ3) is 2.79. The first-order chi connectivity index (χ1) is 10.5. The topological polar surface area (TPSA) is 56.2 Å². The van der Waals surface area contributed by atoms with Gasteiger partial charge in [0.05, 0.1) is 11.4 Å². The largest absolute Gasteiger partial charge is 1.00 e. The molecule has 0 aliphatic carbocycles. The summed E-state index contributed by atoms with van der Waals surface area (Å²) in [7, 11) is 3.64. The average Bonchev–Trinajstić information content (AvgIpc) is 2.72. The van der Waals surface area contributed by atoms with E-state index in [-0.39, 0.29) is 42.8 Å². The summed E-state index contributed by atoms with van der Waals surface area (Å²) in [6.07, 6.45) is 1.35. The van der Waals surface area contributed by atoms with Crippen LogP contribution in [0.1, 0.15) is 26.8 Å². The number of aryl methyl sites for hydroxylation is 1. The number of carbonyl (C=O) groups is 2. The number of benzene rings is 1. The predicted octanol–water partition coefficient (Wildman–Crippen LogP) is -0.819. The average molecular weight is 324 g/mol. The summed E-state index contributed by atoms with van der Waals surface area (Å²) >= 11 is 0. The number of guanidine groups is 1. The molecule has 0 bridgehead atoms. The van der Waals surface area contributed by atoms with Crippen molar-refractivity contribution in [2.24, 2.45) is 10.9 Å². The van der Waals surface area contributed by atoms with Crippen LogP contribution < -0.4 is 34.6 Å². The van der Waals surface area contributed by atoms with E-state index < -0.39 is 5.92 Å². The number of carbonyl (C=O) groups excluding carboxylic acids is 2. The maximum absolute atomic E-state index is 12.8. The van der Waals surface area contributed by atoms with Gasteiger partial charge in [-0.3, -0.25) is 9.59 Å². The number of hydrogen-bond acceptors (Lipinski definition) is 4. The fourth-order valence-electron chi connectivity index (χ4n) is 2.89. The Hall–Kier alpha value is -1.37. The first kappa shape index (κ1) is 18.0. The van der Waals surface area contributed by atoms with E-state index in [1.54, 1.807) is 4.90 Å². The predicted molar refractivity (Wildman–Crippen MR) is 85.8 cm³/mol. The van der Waals surface area contributed by atoms with Crippen molar-refractivity contribution >= 4 is 29.1 Å². The molecule has 2 aliphatic heterocycles. The maximum atomic E-state index is 12.8. The second-order valence-corrected chi connectivity index (χ2v) is 5.94. The number of nitrogens with zero attached hydrogens (tertiary/aromatic N) is 4. The van der Waals surface area contributed by atoms with E-state index in [0.717, 1.165) is 12.0 Å². The number of anilines is 1. The van der Waals surface area contributed by atoms with E-state index in [2.05, 4.69) is 4.99 Å². The van der Waals surface area contributed by atoms with Gasteiger partial charge in [0, 0.05) is 14.1 Å². The molecule has 1 aromatic rings. The third-order valence-corrected chi connectivity index (χ3v) is 3.96. The van der Waals surface area contributed by atoms with Crippen molar-refractivity contribution in [1.29, 1.82) is 0 Å². The second-order valence-electron chi connectivity index (χ2n) is 5.94. The minimum absolute atomic E-state index is 0. The monoisotopic (exact) mass is 324 g/mol. The molecule has 6 nitrogen and oxygen atoms in total. The van der Waals surface area contributed by atoms with Crippen LogP contribution >= 0.6 is 0 Å². The van der Waals surface area contributed by atoms with Gasteiger partial charge < -0.3 is 6.33 Å². The van der Waals surface area contributed by atoms with Gasteiger partial charge in [-0.05, 0) is 31.0 Å². The van der Waals surface area contributed by atoms with E-state index in [1.165, 1.54) is 10.0 Å². The Morgan fingerprint density at radius 2 is 1.87 bits per heavy atom. The molecule has 0 spiro atoms. The Kier molecular flexibility index (Phi) is 5.18. The zero-order valence-electron chi connectivity index (χ0n) is 15.3. The molecule has 1 atom stereocenters. The maximum Gasteiger partial charge on any atom is 1.00 e. The van der Waals surface area contributed by atoms with Gasteiger partial charge in [0.1, 0.15) is 5.92 Å². The molecule has 0 saturated carbocycles. The molecule has 0 radical (unpaired) electrons. The summed E-state index contributed by atoms with van der Waals surface area (Å²) in [5.41, 5.74) is 2.42. The van der Waals surface area contributed by atoms with Crippen molar-refractivity contribution in [3.63, 3.8) is 0 Å². The van der Waals surface area contributed by atoms with Crippen LogP contribution in [0.25, 0.3) is 0 Å². The van der Waals surface area contributed by atoms with Gasteiger partial charge in [-0.1, -0.05) is 19.4 Å². The van der Waals surface area contributed by atoms with Crippen LogP contribution in [0.2, 0.25) is 0 Å². The molecule has 2 heterocycles. The normalized spacial score (nSPS) is 19.1. The van der Waals surface area contributed by atoms with Gasteiger partial charge >= 0.3 is 29.6 Å². The number of hydrogen-bond donors (Lipinski definition) is 0. The van der Waals surface area contributed by atoms with E-state index in [4.69, 9.17) is 0 Å². The number of amides is 2. The summed E-state index contributed by atoms with van der Waals surface area (Å²) in [6.45, 7) is 3.94. The van der Waals surface area contributed by atoms with Crippen LogP contribution in [0.15, 0.2) is 23.2 Å². The Morgan fingerprint density at radius 1 is 1.22 bits per heavy atom. The van der Waals surface area contributed by atoms with E-state index in [0.29, 0.717) is 23.8 Å². The van der Waals surface area contributed by atoms with Crippen LogP contribution in [-0.2, 0) is 9.59 Å². The summed E-state index contributed by atoms with van der Waals surface area (Å²) in [4.78, 5) is 31.8. The Balaban J connectivity index is 0.00000144. The van der Waals surface area contributed by atoms with Crippen molar-refractivity contribution in [1.82, 2.24) is 9.91 Å². The van der Waals surface area contributed by atoms with Crippen molar-refractivity contribution in [2.45, 2.75) is 26.7 Å². The zero-order chi connectivity index (χ0) is 16.0. The van der Waals surface area contributed by atoms with Crippen LogP contribution in [0, 0.1) is 12.8 Å². The van der Waals surface area contributed by atoms with Gasteiger partial charge in [0.2, 0.25) is 5.96 Å². The SMILES string of the molecule is CCCC1C(=O)N2C(N(C)C)=Nc3ccc(C)cc3N2C1=O.[H-].[Na+]. The van der Waals surface area contributed by atoms with Gasteiger partial charge in [0.15, 0.2) is 0 Å². The van der Waals surface area contributed by atoms with Crippen LogP contribution in [-0.4, -0.2) is 41.8 Å². The minimum Gasteiger partial charge on any atom is -1.00 e. The molecule has 118 valence electrons. The van der Waals surface area contributed by atoms with Crippen LogP contribution in [0.4, 0.5) is 11.4 Å². The van der Waals surface area contributed by atoms with Gasteiger partial charge in [-0.25, -0.2) is 10.0 Å². The first-order valence-electron chi connectivity index (χ1n) is 7.50. The Morgan fingerprint density at radius 3 is 2.48 bits per heavy atom. The number of hydrazine groups is 1. The molecule has 0 N–H and O–H groups in total. The molecule has 0 aromatic heterocycles. The van der Waals surface area contributed by atoms with Crippen molar-refractivity contribution in [2.75, 3.05) is 19.1 Å². The molecular weight excluding hydrogens is 303 g/mol. The quantitative estimate of drug-likeness (QED) is 0.528. The third-order valence-electron chi connectivity index (χ3n) is 3.96. The smallest absolute Gasteiger partial charge is 1.00 e. The summed E-state index contributed by atoms with van der Waals surface area (Å²) in [5.74, 6) is -0.477. The molecule has 1 fully saturated rings. The molecular formula is C16H21N4NaO2. The number of fused-ring (bicyclic) bond motifs is 3. The van der Waals surface area contributed by atoms with Crippen molar-refractivity contribution < 1.29 is 40.6 Å². The summed E-state index contributed by atoms with van der Waals surface area (Å²) < 4.78 is 0. The molecule has 2 amide bonds. The van der Waals surface area contributed by atoms with Gasteiger partial charge in [-0.15, -0.1) is 0 Å². The van der Waals surface area contributed by atoms with Crippen LogP contribution in [0.3, 0.4) is 0 Å². The molecule has 1 aromatic carbocycles. The van der Waals surface area contributed by atoms with E-state index in [1.807, 2.05) is 46.1 Å². The van der Waals surface area contributed by atoms with Gasteiger partial charge in [0.25, 0.3) is 11.8 Å². The molecule has 3 rings (SSSR count). The first-order valence-corrected chi connectivity index (χ1v) is 7.50. The van der Waals surface area contributed by atoms with Gasteiger partial charge in [-0.2, -0.15) is 5.01 Å². The fraction of sp³-hybridized carbons (Fsp3) is 0.438. The molecule has 2 aliphatic rings. The number of rotatable bonds is 2. The van der Waals surface area contributed by atoms with E-state index in [9.17, 15) is 9.59 Å². The summed E-state index contributed by atoms with van der Waals surface area (Å²) in [6, 6.07) is 5.74.